The molecule has 0 fully saturated rings. The Labute approximate surface area is 296 Å². The van der Waals surface area contributed by atoms with Crippen LogP contribution in [0.2, 0.25) is 0 Å². The smallest absolute Gasteiger partial charge is 0.408 e. The Morgan fingerprint density at radius 2 is 1.72 bits per heavy atom. The molecule has 0 saturated heterocycles. The summed E-state index contributed by atoms with van der Waals surface area (Å²) < 4.78 is 31.3. The molecule has 13 heteroatoms. The molecule has 2 N–H and O–H groups in total. The zero-order chi connectivity index (χ0) is 31.8. The van der Waals surface area contributed by atoms with E-state index < -0.39 is 19.5 Å². The summed E-state index contributed by atoms with van der Waals surface area (Å²) in [5.74, 6) is -1.14. The third kappa shape index (κ3) is 8.15. The summed E-state index contributed by atoms with van der Waals surface area (Å²) in [7, 11) is -2.85. The van der Waals surface area contributed by atoms with Gasteiger partial charge in [-0.25, -0.2) is 14.3 Å². The summed E-state index contributed by atoms with van der Waals surface area (Å²) in [5.41, 5.74) is 2.83. The van der Waals surface area contributed by atoms with Crippen LogP contribution in [0.5, 0.6) is 5.75 Å². The molecule has 2 atom stereocenters. The van der Waals surface area contributed by atoms with E-state index in [1.54, 1.807) is 60.9 Å². The normalized spacial score (nSPS) is 14.1. The van der Waals surface area contributed by atoms with Gasteiger partial charge < -0.3 is 24.1 Å². The Morgan fingerprint density at radius 3 is 2.35 bits per heavy atom. The first-order valence-electron chi connectivity index (χ1n) is 14.4. The number of imidazole rings is 1. The Kier molecular flexibility index (Phi) is 12.4. The number of aromatic amines is 1. The number of nitrogens with zero attached hydrogens (tertiary/aromatic N) is 2. The number of hydrogen-bond acceptors (Lipinski definition) is 8. The standard InChI is InChI=1S/C33H33N4O7P.Ar/c1-3-23-16-17-28(27(21-23)30-34-18-19-35-30)44-45(41,42-2)29(36-33(40)43-22-24-11-5-4-6-12-24)15-9-10-20-37-31(38)25-13-7-8-14-26(25)32(37)39;/h3-8,11-14,16-19,21,29H,1,9-10,15,20,22H2,2H3,(H,34,35)(H,36,40);. The van der Waals surface area contributed by atoms with Crippen LogP contribution in [0.25, 0.3) is 17.5 Å². The third-order valence-corrected chi connectivity index (χ3v) is 9.45. The number of unbranched alkanes of at least 4 members (excludes halogenated alkanes) is 1. The predicted octanol–water partition coefficient (Wildman–Crippen LogP) is 6.66. The Bertz CT molecular complexity index is 1700. The van der Waals surface area contributed by atoms with Gasteiger partial charge in [-0.1, -0.05) is 61.2 Å². The van der Waals surface area contributed by atoms with Crippen molar-refractivity contribution in [1.82, 2.24) is 20.2 Å². The summed E-state index contributed by atoms with van der Waals surface area (Å²) in [4.78, 5) is 47.0. The van der Waals surface area contributed by atoms with Crippen molar-refractivity contribution in [2.45, 2.75) is 31.7 Å². The van der Waals surface area contributed by atoms with E-state index in [1.165, 1.54) is 12.0 Å². The van der Waals surface area contributed by atoms with Crippen LogP contribution in [0.1, 0.15) is 51.1 Å². The van der Waals surface area contributed by atoms with E-state index in [4.69, 9.17) is 13.8 Å². The average Bonchev–Trinajstić information content (AvgIpc) is 3.69. The average molecular weight is 669 g/mol. The largest absolute Gasteiger partial charge is 0.445 e. The molecule has 1 aliphatic heterocycles. The van der Waals surface area contributed by atoms with Gasteiger partial charge in [0, 0.05) is 63.8 Å². The molecule has 1 aliphatic rings. The molecule has 46 heavy (non-hydrogen) atoms. The van der Waals surface area contributed by atoms with Crippen LogP contribution in [0.15, 0.2) is 91.8 Å². The van der Waals surface area contributed by atoms with E-state index in [-0.39, 0.29) is 74.9 Å². The molecule has 0 spiro atoms. The monoisotopic (exact) mass is 668 g/mol. The molecule has 3 aromatic carbocycles. The molecule has 4 aromatic rings. The minimum atomic E-state index is -4.10. The van der Waals surface area contributed by atoms with Crippen LogP contribution in [0.4, 0.5) is 4.79 Å². The van der Waals surface area contributed by atoms with Crippen LogP contribution in [-0.4, -0.2) is 52.2 Å². The molecule has 0 bridgehead atoms. The van der Waals surface area contributed by atoms with Gasteiger partial charge in [0.25, 0.3) is 11.8 Å². The quantitative estimate of drug-likeness (QED) is 0.0865. The third-order valence-electron chi connectivity index (χ3n) is 7.34. The number of aromatic nitrogens is 2. The number of carbonyl (C=O) groups is 3. The number of amides is 3. The van der Waals surface area contributed by atoms with Crippen molar-refractivity contribution < 1.29 is 70.5 Å². The van der Waals surface area contributed by atoms with Crippen molar-refractivity contribution in [3.63, 3.8) is 0 Å². The molecular weight excluding hydrogens is 635 g/mol. The van der Waals surface area contributed by atoms with Crippen molar-refractivity contribution >= 4 is 31.6 Å². The first-order chi connectivity index (χ1) is 21.8. The topological polar surface area (TPSA) is 140 Å². The summed E-state index contributed by atoms with van der Waals surface area (Å²) >= 11 is 0. The van der Waals surface area contributed by atoms with Gasteiger partial charge in [-0.05, 0) is 54.7 Å². The molecule has 2 unspecified atom stereocenters. The van der Waals surface area contributed by atoms with E-state index in [0.717, 1.165) is 11.1 Å². The summed E-state index contributed by atoms with van der Waals surface area (Å²) in [6.45, 7) is 3.96. The zero-order valence-corrected chi connectivity index (χ0v) is 26.6. The predicted molar refractivity (Wildman–Crippen MR) is 169 cm³/mol. The van der Waals surface area contributed by atoms with E-state index in [1.807, 2.05) is 30.3 Å². The molecule has 1 aromatic heterocycles. The van der Waals surface area contributed by atoms with Crippen LogP contribution >= 0.6 is 7.60 Å². The SMILES string of the molecule is C=Cc1ccc(OP(=O)(OC)C(CCCCN2C(=O)c3ccccc3C2=O)NC(=O)OCc2ccccc2)c(-c2ncc[nH]2)c1.[Ar]. The van der Waals surface area contributed by atoms with Crippen LogP contribution in [-0.2, 0) is 20.4 Å². The Balaban J connectivity index is 0.00000480. The second kappa shape index (κ2) is 16.2. The molecule has 3 amide bonds. The number of nitrogens with one attached hydrogen (secondary N) is 2. The van der Waals surface area contributed by atoms with Gasteiger partial charge in [-0.15, -0.1) is 0 Å². The molecule has 2 heterocycles. The zero-order valence-electron chi connectivity index (χ0n) is 25.0. The number of H-pyrrole nitrogens is 1. The number of imide groups is 1. The van der Waals surface area contributed by atoms with Crippen LogP contribution in [0.3, 0.4) is 0 Å². The molecule has 0 saturated carbocycles. The van der Waals surface area contributed by atoms with Gasteiger partial charge in [-0.3, -0.25) is 14.5 Å². The number of rotatable bonds is 14. The number of benzene rings is 3. The minimum Gasteiger partial charge on any atom is -0.445 e. The number of ether oxygens (including phenoxy) is 1. The van der Waals surface area contributed by atoms with E-state index in [9.17, 15) is 18.9 Å². The maximum atomic E-state index is 14.4. The molecule has 0 radical (unpaired) electrons. The maximum Gasteiger partial charge on any atom is 0.408 e. The van der Waals surface area contributed by atoms with Crippen molar-refractivity contribution in [3.05, 3.63) is 114 Å². The molecular formula is C33H33ArN4O7P. The van der Waals surface area contributed by atoms with Crippen LogP contribution in [0, 0.1) is 37.7 Å². The molecule has 11 nitrogen and oxygen atoms in total. The van der Waals surface area contributed by atoms with Crippen LogP contribution < -0.4 is 9.84 Å². The van der Waals surface area contributed by atoms with E-state index in [2.05, 4.69) is 21.9 Å². The number of fused-ring (bicyclic) bond motifs is 1. The van der Waals surface area contributed by atoms with E-state index in [0.29, 0.717) is 35.4 Å². The first-order valence-corrected chi connectivity index (χ1v) is 16.0. The summed E-state index contributed by atoms with van der Waals surface area (Å²) in [5, 5.41) is 2.67. The fraction of sp³-hybridized carbons (Fsp3) is 0.212. The minimum absolute atomic E-state index is 0. The van der Waals surface area contributed by atoms with Gasteiger partial charge in [0.2, 0.25) is 0 Å². The van der Waals surface area contributed by atoms with Gasteiger partial charge in [0.1, 0.15) is 24.0 Å². The Morgan fingerprint density at radius 1 is 1.02 bits per heavy atom. The number of hydrogen-bond donors (Lipinski definition) is 2. The first kappa shape index (κ1) is 35.1. The second-order valence-corrected chi connectivity index (χ2v) is 12.5. The maximum absolute atomic E-state index is 14.4. The van der Waals surface area contributed by atoms with Crippen molar-refractivity contribution in [3.8, 4) is 17.1 Å². The van der Waals surface area contributed by atoms with Gasteiger partial charge in [0.15, 0.2) is 0 Å². The van der Waals surface area contributed by atoms with Crippen molar-refractivity contribution in [1.29, 1.82) is 0 Å². The molecule has 0 aliphatic carbocycles. The summed E-state index contributed by atoms with van der Waals surface area (Å²) in [6, 6.07) is 21.0. The number of carbonyl (C=O) groups excluding carboxylic acids is 3. The molecule has 240 valence electrons. The second-order valence-electron chi connectivity index (χ2n) is 10.2. The fourth-order valence-corrected chi connectivity index (χ4v) is 6.63. The fourth-order valence-electron chi connectivity index (χ4n) is 4.98. The van der Waals surface area contributed by atoms with E-state index >= 15 is 0 Å². The Hall–Kier alpha value is -3.73. The van der Waals surface area contributed by atoms with Crippen molar-refractivity contribution in [2.75, 3.05) is 13.7 Å². The van der Waals surface area contributed by atoms with Gasteiger partial charge in [0.05, 0.1) is 16.7 Å². The number of alkyl carbamates (subject to hydrolysis) is 1. The molecule has 5 rings (SSSR count). The van der Waals surface area contributed by atoms with Crippen molar-refractivity contribution in [2.24, 2.45) is 0 Å². The van der Waals surface area contributed by atoms with Gasteiger partial charge >= 0.3 is 13.7 Å². The van der Waals surface area contributed by atoms with Gasteiger partial charge in [-0.2, -0.15) is 0 Å². The summed E-state index contributed by atoms with van der Waals surface area (Å²) in [6.07, 6.45) is 4.97.